The summed E-state index contributed by atoms with van der Waals surface area (Å²) >= 11 is 5.82. The molecule has 0 amide bonds. The van der Waals surface area contributed by atoms with Crippen molar-refractivity contribution in [1.82, 2.24) is 0 Å². The first kappa shape index (κ1) is 18.4. The van der Waals surface area contributed by atoms with Gasteiger partial charge in [0.25, 0.3) is 0 Å². The smallest absolute Gasteiger partial charge is 0.336 e. The van der Waals surface area contributed by atoms with E-state index in [9.17, 15) is 9.90 Å². The predicted molar refractivity (Wildman–Crippen MR) is 108 cm³/mol. The lowest BCUT2D eigenvalue weighted by Gasteiger charge is -2.02. The van der Waals surface area contributed by atoms with Crippen LogP contribution in [-0.2, 0) is 4.79 Å². The van der Waals surface area contributed by atoms with Crippen LogP contribution in [0.1, 0.15) is 11.1 Å². The summed E-state index contributed by atoms with van der Waals surface area (Å²) in [5.74, 6) is 0.184. The van der Waals surface area contributed by atoms with Gasteiger partial charge in [-0.05, 0) is 77.9 Å². The molecular formula is C22H16ClNO3. The van der Waals surface area contributed by atoms with Crippen molar-refractivity contribution < 1.29 is 14.6 Å². The summed E-state index contributed by atoms with van der Waals surface area (Å²) in [6.45, 7) is 0. The van der Waals surface area contributed by atoms with Crippen LogP contribution in [-0.4, -0.2) is 17.3 Å². The number of hydrogen-bond acceptors (Lipinski definition) is 4. The van der Waals surface area contributed by atoms with Crippen molar-refractivity contribution in [2.45, 2.75) is 0 Å². The number of phenolic OH excluding ortho intramolecular Hbond substituents is 1. The first-order valence-corrected chi connectivity index (χ1v) is 8.55. The van der Waals surface area contributed by atoms with Crippen molar-refractivity contribution in [2.75, 3.05) is 0 Å². The van der Waals surface area contributed by atoms with Gasteiger partial charge in [0.2, 0.25) is 0 Å². The Labute approximate surface area is 162 Å². The molecule has 0 heterocycles. The highest BCUT2D eigenvalue weighted by Crippen LogP contribution is 2.17. The zero-order valence-corrected chi connectivity index (χ0v) is 15.0. The number of aromatic hydroxyl groups is 1. The van der Waals surface area contributed by atoms with Crippen LogP contribution in [0.2, 0.25) is 5.02 Å². The number of aliphatic imine (C=N–C) groups is 1. The van der Waals surface area contributed by atoms with Crippen LogP contribution >= 0.6 is 11.6 Å². The second-order valence-electron chi connectivity index (χ2n) is 5.65. The van der Waals surface area contributed by atoms with Gasteiger partial charge in [-0.2, -0.15) is 0 Å². The lowest BCUT2D eigenvalue weighted by Crippen LogP contribution is -2.03. The summed E-state index contributed by atoms with van der Waals surface area (Å²) in [4.78, 5) is 16.2. The Bertz CT molecular complexity index is 960. The molecule has 0 radical (unpaired) electrons. The molecule has 134 valence electrons. The summed E-state index contributed by atoms with van der Waals surface area (Å²) in [7, 11) is 0. The third-order valence-corrected chi connectivity index (χ3v) is 3.84. The maximum absolute atomic E-state index is 11.9. The lowest BCUT2D eigenvalue weighted by atomic mass is 10.2. The van der Waals surface area contributed by atoms with Crippen molar-refractivity contribution >= 4 is 35.5 Å². The van der Waals surface area contributed by atoms with E-state index in [0.29, 0.717) is 10.8 Å². The Morgan fingerprint density at radius 3 is 2.19 bits per heavy atom. The van der Waals surface area contributed by atoms with Crippen LogP contribution < -0.4 is 4.74 Å². The van der Waals surface area contributed by atoms with Crippen molar-refractivity contribution in [1.29, 1.82) is 0 Å². The zero-order chi connectivity index (χ0) is 19.1. The van der Waals surface area contributed by atoms with E-state index >= 15 is 0 Å². The summed E-state index contributed by atoms with van der Waals surface area (Å²) in [5, 5.41) is 9.90. The summed E-state index contributed by atoms with van der Waals surface area (Å²) in [5.41, 5.74) is 2.45. The number of esters is 1. The molecule has 0 aromatic heterocycles. The first-order chi connectivity index (χ1) is 13.1. The molecule has 5 heteroatoms. The van der Waals surface area contributed by atoms with Crippen molar-refractivity contribution in [3.8, 4) is 11.5 Å². The van der Waals surface area contributed by atoms with E-state index in [1.165, 1.54) is 6.08 Å². The normalized spacial score (nSPS) is 11.1. The summed E-state index contributed by atoms with van der Waals surface area (Å²) in [6, 6.07) is 20.7. The van der Waals surface area contributed by atoms with Crippen LogP contribution in [0.4, 0.5) is 5.69 Å². The van der Waals surface area contributed by atoms with Crippen LogP contribution in [0.3, 0.4) is 0 Å². The quantitative estimate of drug-likeness (QED) is 0.280. The van der Waals surface area contributed by atoms with Gasteiger partial charge in [-0.25, -0.2) is 4.79 Å². The number of carbonyl (C=O) groups excluding carboxylic acids is 1. The second-order valence-corrected chi connectivity index (χ2v) is 6.09. The fourth-order valence-electron chi connectivity index (χ4n) is 2.20. The fourth-order valence-corrected chi connectivity index (χ4v) is 2.32. The van der Waals surface area contributed by atoms with Gasteiger partial charge in [0.05, 0.1) is 5.69 Å². The van der Waals surface area contributed by atoms with E-state index < -0.39 is 5.97 Å². The minimum absolute atomic E-state index is 0.199. The molecule has 4 nitrogen and oxygen atoms in total. The van der Waals surface area contributed by atoms with Crippen molar-refractivity contribution in [3.05, 3.63) is 95.0 Å². The molecule has 0 bridgehead atoms. The number of halogens is 1. The Morgan fingerprint density at radius 1 is 0.889 bits per heavy atom. The SMILES string of the molecule is O=C(C=Cc1ccc(Cl)cc1)Oc1ccc(/C=N/c2ccc(O)cc2)cc1. The monoisotopic (exact) mass is 377 g/mol. The number of carbonyl (C=O) groups is 1. The lowest BCUT2D eigenvalue weighted by molar-refractivity contribution is -0.128. The molecule has 3 rings (SSSR count). The van der Waals surface area contributed by atoms with Gasteiger partial charge in [0, 0.05) is 17.3 Å². The standard InChI is InChI=1S/C22H16ClNO3/c23-18-6-1-16(2-7-18)5-14-22(26)27-21-12-3-17(4-13-21)15-24-19-8-10-20(25)11-9-19/h1-15,25H/b14-5?,24-15+. The molecule has 0 saturated heterocycles. The van der Waals surface area contributed by atoms with E-state index in [1.54, 1.807) is 73.0 Å². The van der Waals surface area contributed by atoms with Crippen LogP contribution in [0.25, 0.3) is 6.08 Å². The number of ether oxygens (including phenoxy) is 1. The highest BCUT2D eigenvalue weighted by atomic mass is 35.5. The molecule has 0 saturated carbocycles. The molecule has 0 fully saturated rings. The Hall–Kier alpha value is -3.37. The van der Waals surface area contributed by atoms with E-state index in [2.05, 4.69) is 4.99 Å². The summed E-state index contributed by atoms with van der Waals surface area (Å²) < 4.78 is 5.27. The van der Waals surface area contributed by atoms with E-state index in [-0.39, 0.29) is 5.75 Å². The zero-order valence-electron chi connectivity index (χ0n) is 14.2. The van der Waals surface area contributed by atoms with E-state index in [1.807, 2.05) is 12.1 Å². The summed E-state index contributed by atoms with van der Waals surface area (Å²) in [6.07, 6.45) is 4.72. The largest absolute Gasteiger partial charge is 0.508 e. The van der Waals surface area contributed by atoms with Crippen molar-refractivity contribution in [2.24, 2.45) is 4.99 Å². The van der Waals surface area contributed by atoms with Gasteiger partial charge >= 0.3 is 5.97 Å². The Kier molecular flexibility index (Phi) is 6.02. The van der Waals surface area contributed by atoms with Gasteiger partial charge in [-0.15, -0.1) is 0 Å². The highest BCUT2D eigenvalue weighted by Gasteiger charge is 2.00. The van der Waals surface area contributed by atoms with Gasteiger partial charge < -0.3 is 9.84 Å². The van der Waals surface area contributed by atoms with Crippen LogP contribution in [0, 0.1) is 0 Å². The van der Waals surface area contributed by atoms with Crippen molar-refractivity contribution in [3.63, 3.8) is 0 Å². The maximum Gasteiger partial charge on any atom is 0.336 e. The molecule has 0 spiro atoms. The molecule has 0 aliphatic heterocycles. The third kappa shape index (κ3) is 5.83. The molecule has 0 atom stereocenters. The molecule has 0 unspecified atom stereocenters. The Morgan fingerprint density at radius 2 is 1.52 bits per heavy atom. The molecule has 3 aromatic rings. The molecule has 1 N–H and O–H groups in total. The van der Waals surface area contributed by atoms with Crippen LogP contribution in [0.5, 0.6) is 11.5 Å². The second kappa shape index (κ2) is 8.83. The molecule has 0 aliphatic carbocycles. The number of rotatable bonds is 5. The predicted octanol–water partition coefficient (Wildman–Crippen LogP) is 5.42. The molecule has 3 aromatic carbocycles. The van der Waals surface area contributed by atoms with Gasteiger partial charge in [0.15, 0.2) is 0 Å². The number of nitrogens with zero attached hydrogens (tertiary/aromatic N) is 1. The topological polar surface area (TPSA) is 58.9 Å². The minimum atomic E-state index is -0.463. The average molecular weight is 378 g/mol. The number of benzene rings is 3. The molecule has 27 heavy (non-hydrogen) atoms. The van der Waals surface area contributed by atoms with Gasteiger partial charge in [0.1, 0.15) is 11.5 Å². The highest BCUT2D eigenvalue weighted by molar-refractivity contribution is 6.30. The van der Waals surface area contributed by atoms with Gasteiger partial charge in [-0.3, -0.25) is 4.99 Å². The van der Waals surface area contributed by atoms with E-state index in [4.69, 9.17) is 16.3 Å². The number of hydrogen-bond donors (Lipinski definition) is 1. The van der Waals surface area contributed by atoms with E-state index in [0.717, 1.165) is 16.8 Å². The average Bonchev–Trinajstić information content (AvgIpc) is 2.68. The molecule has 0 aliphatic rings. The Balaban J connectivity index is 1.57. The minimum Gasteiger partial charge on any atom is -0.508 e. The fraction of sp³-hybridized carbons (Fsp3) is 0. The third-order valence-electron chi connectivity index (χ3n) is 3.59. The first-order valence-electron chi connectivity index (χ1n) is 8.17. The maximum atomic E-state index is 11.9. The van der Waals surface area contributed by atoms with Gasteiger partial charge in [-0.1, -0.05) is 23.7 Å². The number of phenols is 1. The molecular weight excluding hydrogens is 362 g/mol. The van der Waals surface area contributed by atoms with Crippen LogP contribution in [0.15, 0.2) is 83.9 Å².